The maximum absolute atomic E-state index is 6.35. The number of nitrogens with two attached hydrogens (primary N) is 1. The maximum atomic E-state index is 6.35. The zero-order valence-corrected chi connectivity index (χ0v) is 12.6. The number of hydrogen-bond acceptors (Lipinski definition) is 2. The van der Waals surface area contributed by atoms with Gasteiger partial charge in [0.2, 0.25) is 0 Å². The van der Waals surface area contributed by atoms with Crippen LogP contribution >= 0.6 is 11.6 Å². The lowest BCUT2D eigenvalue weighted by Gasteiger charge is -2.24. The van der Waals surface area contributed by atoms with Crippen LogP contribution in [0.3, 0.4) is 0 Å². The Morgan fingerprint density at radius 3 is 2.44 bits per heavy atom. The van der Waals surface area contributed by atoms with E-state index in [1.54, 1.807) is 0 Å². The quantitative estimate of drug-likeness (QED) is 0.879. The fourth-order valence-corrected chi connectivity index (χ4v) is 2.17. The smallest absolute Gasteiger partial charge is 0.141 e. The average Bonchev–Trinajstić information content (AvgIpc) is 2.26. The normalized spacial score (nSPS) is 11.7. The van der Waals surface area contributed by atoms with Crippen LogP contribution in [0.5, 0.6) is 5.75 Å². The molecule has 0 spiro atoms. The summed E-state index contributed by atoms with van der Waals surface area (Å²) in [5.74, 6) is 0.826. The van der Waals surface area contributed by atoms with Crippen molar-refractivity contribution in [2.75, 3.05) is 13.2 Å². The van der Waals surface area contributed by atoms with Crippen molar-refractivity contribution in [3.63, 3.8) is 0 Å². The summed E-state index contributed by atoms with van der Waals surface area (Å²) in [5.41, 5.74) is 7.96. The first-order valence-corrected chi connectivity index (χ1v) is 6.93. The third-order valence-electron chi connectivity index (χ3n) is 2.79. The van der Waals surface area contributed by atoms with Crippen molar-refractivity contribution < 1.29 is 4.74 Å². The van der Waals surface area contributed by atoms with Gasteiger partial charge in [-0.2, -0.15) is 0 Å². The molecule has 0 atom stereocenters. The van der Waals surface area contributed by atoms with E-state index in [0.29, 0.717) is 18.2 Å². The topological polar surface area (TPSA) is 35.2 Å². The zero-order valence-electron chi connectivity index (χ0n) is 11.8. The summed E-state index contributed by atoms with van der Waals surface area (Å²) in [6.07, 6.45) is 1.82. The summed E-state index contributed by atoms with van der Waals surface area (Å²) in [6.45, 7) is 9.93. The second kappa shape index (κ2) is 6.44. The van der Waals surface area contributed by atoms with Crippen LogP contribution in [0.2, 0.25) is 5.02 Å². The molecule has 0 aliphatic heterocycles. The van der Waals surface area contributed by atoms with Crippen LogP contribution in [0.1, 0.15) is 45.2 Å². The molecule has 0 aliphatic carbocycles. The van der Waals surface area contributed by atoms with Crippen molar-refractivity contribution in [3.05, 3.63) is 28.3 Å². The molecule has 0 amide bonds. The van der Waals surface area contributed by atoms with E-state index in [-0.39, 0.29) is 5.41 Å². The zero-order chi connectivity index (χ0) is 13.8. The number of halogens is 1. The predicted octanol–water partition coefficient (Wildman–Crippen LogP) is 3.93. The second-order valence-corrected chi connectivity index (χ2v) is 6.00. The molecular weight excluding hydrogens is 246 g/mol. The Bertz CT molecular complexity index is 396. The van der Waals surface area contributed by atoms with Crippen LogP contribution in [0, 0.1) is 0 Å². The second-order valence-electron chi connectivity index (χ2n) is 5.59. The first-order valence-electron chi connectivity index (χ1n) is 6.56. The van der Waals surface area contributed by atoms with Gasteiger partial charge in [-0.3, -0.25) is 0 Å². The summed E-state index contributed by atoms with van der Waals surface area (Å²) >= 11 is 6.35. The fourth-order valence-electron chi connectivity index (χ4n) is 1.87. The summed E-state index contributed by atoms with van der Waals surface area (Å²) in [4.78, 5) is 0. The van der Waals surface area contributed by atoms with E-state index < -0.39 is 0 Å². The Balaban J connectivity index is 3.22. The minimum Gasteiger partial charge on any atom is -0.492 e. The largest absolute Gasteiger partial charge is 0.492 e. The lowest BCUT2D eigenvalue weighted by atomic mass is 9.85. The molecule has 0 saturated heterocycles. The number of rotatable bonds is 5. The van der Waals surface area contributed by atoms with Gasteiger partial charge in [0.25, 0.3) is 0 Å². The number of ether oxygens (including phenoxy) is 1. The molecule has 0 aliphatic rings. The molecule has 0 bridgehead atoms. The first-order chi connectivity index (χ1) is 8.40. The van der Waals surface area contributed by atoms with Gasteiger partial charge in [0.15, 0.2) is 0 Å². The van der Waals surface area contributed by atoms with Crippen LogP contribution in [0.4, 0.5) is 0 Å². The third kappa shape index (κ3) is 3.89. The molecule has 0 unspecified atom stereocenters. The molecule has 1 aromatic carbocycles. The lowest BCUT2D eigenvalue weighted by molar-refractivity contribution is 0.308. The van der Waals surface area contributed by atoms with Crippen molar-refractivity contribution in [1.82, 2.24) is 0 Å². The Labute approximate surface area is 115 Å². The Morgan fingerprint density at radius 2 is 1.94 bits per heavy atom. The van der Waals surface area contributed by atoms with Gasteiger partial charge in [-0.1, -0.05) is 45.4 Å². The minimum absolute atomic E-state index is 0.0112. The molecule has 0 radical (unpaired) electrons. The van der Waals surface area contributed by atoms with E-state index in [4.69, 9.17) is 22.1 Å². The Hall–Kier alpha value is -0.730. The molecule has 1 aromatic rings. The highest BCUT2D eigenvalue weighted by Crippen LogP contribution is 2.38. The number of benzene rings is 1. The molecule has 2 N–H and O–H groups in total. The molecule has 0 aromatic heterocycles. The Kier molecular flexibility index (Phi) is 5.48. The van der Waals surface area contributed by atoms with Gasteiger partial charge in [0.05, 0.1) is 11.6 Å². The molecule has 0 heterocycles. The van der Waals surface area contributed by atoms with E-state index in [2.05, 4.69) is 33.8 Å². The summed E-state index contributed by atoms with van der Waals surface area (Å²) < 4.78 is 5.81. The molecule has 0 saturated carbocycles. The standard InChI is InChI=1S/C15H24ClNO/c1-5-8-18-14-12(15(2,3)4)9-11(6-7-17)10-13(14)16/h9-10H,5-8,17H2,1-4H3. The summed E-state index contributed by atoms with van der Waals surface area (Å²) in [7, 11) is 0. The van der Waals surface area contributed by atoms with E-state index in [0.717, 1.165) is 24.2 Å². The molecular formula is C15H24ClNO. The SMILES string of the molecule is CCCOc1c(Cl)cc(CCN)cc1C(C)(C)C. The van der Waals surface area contributed by atoms with E-state index in [9.17, 15) is 0 Å². The van der Waals surface area contributed by atoms with Crippen molar-refractivity contribution in [3.8, 4) is 5.75 Å². The highest BCUT2D eigenvalue weighted by molar-refractivity contribution is 6.32. The highest BCUT2D eigenvalue weighted by Gasteiger charge is 2.22. The van der Waals surface area contributed by atoms with Crippen LogP contribution < -0.4 is 10.5 Å². The molecule has 102 valence electrons. The van der Waals surface area contributed by atoms with Gasteiger partial charge in [0.1, 0.15) is 5.75 Å². The minimum atomic E-state index is 0.0112. The van der Waals surface area contributed by atoms with Gasteiger partial charge in [-0.05, 0) is 36.4 Å². The van der Waals surface area contributed by atoms with Gasteiger partial charge < -0.3 is 10.5 Å². The van der Waals surface area contributed by atoms with Gasteiger partial charge in [0, 0.05) is 5.56 Å². The van der Waals surface area contributed by atoms with Crippen molar-refractivity contribution in [1.29, 1.82) is 0 Å². The maximum Gasteiger partial charge on any atom is 0.141 e. The molecule has 0 fully saturated rings. The summed E-state index contributed by atoms with van der Waals surface area (Å²) in [5, 5.41) is 0.694. The molecule has 1 rings (SSSR count). The average molecular weight is 270 g/mol. The van der Waals surface area contributed by atoms with E-state index in [1.807, 2.05) is 6.07 Å². The van der Waals surface area contributed by atoms with E-state index in [1.165, 1.54) is 5.56 Å². The van der Waals surface area contributed by atoms with Crippen molar-refractivity contribution in [2.24, 2.45) is 5.73 Å². The summed E-state index contributed by atoms with van der Waals surface area (Å²) in [6, 6.07) is 4.14. The van der Waals surface area contributed by atoms with Gasteiger partial charge in [-0.25, -0.2) is 0 Å². The predicted molar refractivity (Wildman–Crippen MR) is 78.7 cm³/mol. The van der Waals surface area contributed by atoms with Crippen molar-refractivity contribution in [2.45, 2.75) is 46.0 Å². The first kappa shape index (κ1) is 15.3. The lowest BCUT2D eigenvalue weighted by Crippen LogP contribution is -2.15. The van der Waals surface area contributed by atoms with Crippen LogP contribution in [-0.4, -0.2) is 13.2 Å². The fraction of sp³-hybridized carbons (Fsp3) is 0.600. The third-order valence-corrected chi connectivity index (χ3v) is 3.08. The van der Waals surface area contributed by atoms with Crippen LogP contribution in [-0.2, 0) is 11.8 Å². The monoisotopic (exact) mass is 269 g/mol. The Morgan fingerprint density at radius 1 is 1.28 bits per heavy atom. The molecule has 2 nitrogen and oxygen atoms in total. The number of hydrogen-bond donors (Lipinski definition) is 1. The van der Waals surface area contributed by atoms with E-state index >= 15 is 0 Å². The molecule has 3 heteroatoms. The van der Waals surface area contributed by atoms with Gasteiger partial charge >= 0.3 is 0 Å². The van der Waals surface area contributed by atoms with Gasteiger partial charge in [-0.15, -0.1) is 0 Å². The molecule has 18 heavy (non-hydrogen) atoms. The van der Waals surface area contributed by atoms with Crippen LogP contribution in [0.25, 0.3) is 0 Å². The van der Waals surface area contributed by atoms with Crippen LogP contribution in [0.15, 0.2) is 12.1 Å². The highest BCUT2D eigenvalue weighted by atomic mass is 35.5. The van der Waals surface area contributed by atoms with Crippen molar-refractivity contribution >= 4 is 11.6 Å².